The Bertz CT molecular complexity index is 243. The van der Waals surface area contributed by atoms with E-state index in [1.54, 1.807) is 0 Å². The van der Waals surface area contributed by atoms with Gasteiger partial charge in [0, 0.05) is 12.5 Å². The lowest BCUT2D eigenvalue weighted by atomic mass is 9.91. The molecule has 4 nitrogen and oxygen atoms in total. The summed E-state index contributed by atoms with van der Waals surface area (Å²) in [4.78, 5) is 12.1. The molecule has 16 heavy (non-hydrogen) atoms. The van der Waals surface area contributed by atoms with Crippen LogP contribution in [0.15, 0.2) is 0 Å². The molecule has 2 rings (SSSR count). The Morgan fingerprint density at radius 2 is 2.19 bits per heavy atom. The Morgan fingerprint density at radius 1 is 1.44 bits per heavy atom. The number of piperidine rings is 1. The minimum Gasteiger partial charge on any atom is -0.379 e. The first-order valence-electron chi connectivity index (χ1n) is 6.30. The molecule has 0 aromatic carbocycles. The van der Waals surface area contributed by atoms with Gasteiger partial charge in [0.1, 0.15) is 0 Å². The standard InChI is InChI=1S/C12H22N2O2/c1-12(5-2-8-16-9-12)14-11(15)10-3-6-13-7-4-10/h10,13H,2-9H2,1H3,(H,14,15). The first-order chi connectivity index (χ1) is 7.70. The van der Waals surface area contributed by atoms with Crippen LogP contribution in [-0.2, 0) is 9.53 Å². The molecule has 0 aromatic rings. The number of hydrogen-bond donors (Lipinski definition) is 2. The molecule has 1 atom stereocenters. The maximum atomic E-state index is 12.1. The zero-order valence-corrected chi connectivity index (χ0v) is 10.1. The SMILES string of the molecule is CC1(NC(=O)C2CCNCC2)CCCOC1. The number of carbonyl (C=O) groups is 1. The third-order valence-electron chi connectivity index (χ3n) is 3.57. The summed E-state index contributed by atoms with van der Waals surface area (Å²) in [6, 6.07) is 0. The molecule has 0 spiro atoms. The number of nitrogens with one attached hydrogen (secondary N) is 2. The largest absolute Gasteiger partial charge is 0.379 e. The fraction of sp³-hybridized carbons (Fsp3) is 0.917. The number of ether oxygens (including phenoxy) is 1. The normalized spacial score (nSPS) is 32.3. The van der Waals surface area contributed by atoms with Crippen molar-refractivity contribution in [3.8, 4) is 0 Å². The van der Waals surface area contributed by atoms with Gasteiger partial charge in [0.05, 0.1) is 12.1 Å². The van der Waals surface area contributed by atoms with Crippen LogP contribution in [0.25, 0.3) is 0 Å². The maximum absolute atomic E-state index is 12.1. The Hall–Kier alpha value is -0.610. The monoisotopic (exact) mass is 226 g/mol. The molecule has 2 saturated heterocycles. The second-order valence-corrected chi connectivity index (χ2v) is 5.23. The minimum absolute atomic E-state index is 0.139. The van der Waals surface area contributed by atoms with Crippen LogP contribution in [0.3, 0.4) is 0 Å². The van der Waals surface area contributed by atoms with Crippen molar-refractivity contribution >= 4 is 5.91 Å². The van der Waals surface area contributed by atoms with Gasteiger partial charge in [0.2, 0.25) is 5.91 Å². The van der Waals surface area contributed by atoms with Crippen LogP contribution >= 0.6 is 0 Å². The first-order valence-corrected chi connectivity index (χ1v) is 6.30. The molecule has 2 heterocycles. The molecule has 92 valence electrons. The molecular weight excluding hydrogens is 204 g/mol. The second-order valence-electron chi connectivity index (χ2n) is 5.23. The maximum Gasteiger partial charge on any atom is 0.223 e. The van der Waals surface area contributed by atoms with E-state index in [2.05, 4.69) is 17.6 Å². The second kappa shape index (κ2) is 5.15. The summed E-state index contributed by atoms with van der Waals surface area (Å²) < 4.78 is 5.45. The van der Waals surface area contributed by atoms with Crippen LogP contribution in [0, 0.1) is 5.92 Å². The molecule has 0 bridgehead atoms. The topological polar surface area (TPSA) is 50.4 Å². The molecule has 2 fully saturated rings. The lowest BCUT2D eigenvalue weighted by Gasteiger charge is -2.36. The average Bonchev–Trinajstić information content (AvgIpc) is 2.30. The van der Waals surface area contributed by atoms with E-state index in [0.717, 1.165) is 45.4 Å². The van der Waals surface area contributed by atoms with E-state index in [9.17, 15) is 4.79 Å². The van der Waals surface area contributed by atoms with Crippen LogP contribution in [0.2, 0.25) is 0 Å². The average molecular weight is 226 g/mol. The van der Waals surface area contributed by atoms with Crippen LogP contribution in [-0.4, -0.2) is 37.7 Å². The van der Waals surface area contributed by atoms with Crippen molar-refractivity contribution in [3.63, 3.8) is 0 Å². The molecule has 2 aliphatic rings. The van der Waals surface area contributed by atoms with Gasteiger partial charge in [-0.3, -0.25) is 4.79 Å². The minimum atomic E-state index is -0.139. The molecular formula is C12H22N2O2. The number of rotatable bonds is 2. The molecule has 0 saturated carbocycles. The Labute approximate surface area is 97.1 Å². The summed E-state index contributed by atoms with van der Waals surface area (Å²) in [7, 11) is 0. The molecule has 0 radical (unpaired) electrons. The van der Waals surface area contributed by atoms with Gasteiger partial charge >= 0.3 is 0 Å². The predicted molar refractivity (Wildman–Crippen MR) is 62.2 cm³/mol. The van der Waals surface area contributed by atoms with Gasteiger partial charge in [0.15, 0.2) is 0 Å². The Morgan fingerprint density at radius 3 is 2.81 bits per heavy atom. The van der Waals surface area contributed by atoms with Crippen molar-refractivity contribution in [2.45, 2.75) is 38.1 Å². The van der Waals surface area contributed by atoms with Gasteiger partial charge < -0.3 is 15.4 Å². The van der Waals surface area contributed by atoms with E-state index in [-0.39, 0.29) is 17.4 Å². The highest BCUT2D eigenvalue weighted by atomic mass is 16.5. The Kier molecular flexibility index (Phi) is 3.82. The fourth-order valence-corrected chi connectivity index (χ4v) is 2.52. The summed E-state index contributed by atoms with van der Waals surface area (Å²) in [5, 5.41) is 6.45. The molecule has 2 aliphatic heterocycles. The number of carbonyl (C=O) groups excluding carboxylic acids is 1. The van der Waals surface area contributed by atoms with Crippen molar-refractivity contribution in [2.24, 2.45) is 5.92 Å². The van der Waals surface area contributed by atoms with Crippen LogP contribution in [0.5, 0.6) is 0 Å². The summed E-state index contributed by atoms with van der Waals surface area (Å²) in [5.41, 5.74) is -0.139. The quantitative estimate of drug-likeness (QED) is 0.727. The highest BCUT2D eigenvalue weighted by Crippen LogP contribution is 2.20. The lowest BCUT2D eigenvalue weighted by molar-refractivity contribution is -0.129. The van der Waals surface area contributed by atoms with Crippen molar-refractivity contribution in [1.82, 2.24) is 10.6 Å². The van der Waals surface area contributed by atoms with Crippen molar-refractivity contribution in [1.29, 1.82) is 0 Å². The van der Waals surface area contributed by atoms with E-state index in [1.807, 2.05) is 0 Å². The predicted octanol–water partition coefficient (Wildman–Crippen LogP) is 0.671. The highest BCUT2D eigenvalue weighted by molar-refractivity contribution is 5.79. The third-order valence-corrected chi connectivity index (χ3v) is 3.57. The van der Waals surface area contributed by atoms with E-state index >= 15 is 0 Å². The van der Waals surface area contributed by atoms with Crippen molar-refractivity contribution in [3.05, 3.63) is 0 Å². The van der Waals surface area contributed by atoms with Gasteiger partial charge in [-0.2, -0.15) is 0 Å². The van der Waals surface area contributed by atoms with E-state index in [4.69, 9.17) is 4.74 Å². The van der Waals surface area contributed by atoms with Gasteiger partial charge in [-0.25, -0.2) is 0 Å². The van der Waals surface area contributed by atoms with E-state index < -0.39 is 0 Å². The third kappa shape index (κ3) is 2.95. The lowest BCUT2D eigenvalue weighted by Crippen LogP contribution is -2.54. The molecule has 2 N–H and O–H groups in total. The van der Waals surface area contributed by atoms with Crippen molar-refractivity contribution < 1.29 is 9.53 Å². The number of amides is 1. The van der Waals surface area contributed by atoms with Crippen molar-refractivity contribution in [2.75, 3.05) is 26.3 Å². The molecule has 0 aromatic heterocycles. The first kappa shape index (κ1) is 11.9. The zero-order chi connectivity index (χ0) is 11.4. The summed E-state index contributed by atoms with van der Waals surface area (Å²) >= 11 is 0. The molecule has 4 heteroatoms. The zero-order valence-electron chi connectivity index (χ0n) is 10.1. The number of hydrogen-bond acceptors (Lipinski definition) is 3. The van der Waals surface area contributed by atoms with E-state index in [1.165, 1.54) is 0 Å². The Balaban J connectivity index is 1.85. The summed E-state index contributed by atoms with van der Waals surface area (Å²) in [6.07, 6.45) is 4.00. The van der Waals surface area contributed by atoms with Gasteiger partial charge in [-0.05, 0) is 45.7 Å². The summed E-state index contributed by atoms with van der Waals surface area (Å²) in [6.45, 7) is 5.50. The summed E-state index contributed by atoms with van der Waals surface area (Å²) in [5.74, 6) is 0.412. The van der Waals surface area contributed by atoms with Crippen LogP contribution in [0.1, 0.15) is 32.6 Å². The molecule has 1 amide bonds. The van der Waals surface area contributed by atoms with Gasteiger partial charge in [-0.15, -0.1) is 0 Å². The van der Waals surface area contributed by atoms with Crippen LogP contribution < -0.4 is 10.6 Å². The highest BCUT2D eigenvalue weighted by Gasteiger charge is 2.32. The fourth-order valence-electron chi connectivity index (χ4n) is 2.52. The van der Waals surface area contributed by atoms with Crippen LogP contribution in [0.4, 0.5) is 0 Å². The molecule has 0 aliphatic carbocycles. The smallest absolute Gasteiger partial charge is 0.223 e. The van der Waals surface area contributed by atoms with Gasteiger partial charge in [0.25, 0.3) is 0 Å². The van der Waals surface area contributed by atoms with E-state index in [0.29, 0.717) is 6.61 Å². The van der Waals surface area contributed by atoms with Gasteiger partial charge in [-0.1, -0.05) is 0 Å². The molecule has 1 unspecified atom stereocenters.